The highest BCUT2D eigenvalue weighted by atomic mass is 32.2. The first-order valence-corrected chi connectivity index (χ1v) is 9.47. The summed E-state index contributed by atoms with van der Waals surface area (Å²) in [5.74, 6) is 0.897. The average Bonchev–Trinajstić information content (AvgIpc) is 3.26. The van der Waals surface area contributed by atoms with Gasteiger partial charge in [-0.15, -0.1) is 0 Å². The van der Waals surface area contributed by atoms with E-state index in [2.05, 4.69) is 23.7 Å². The lowest BCUT2D eigenvalue weighted by atomic mass is 10.2. The minimum Gasteiger partial charge on any atom is -0.394 e. The number of nitrogens with zero attached hydrogens (tertiary/aromatic N) is 6. The summed E-state index contributed by atoms with van der Waals surface area (Å²) in [5.41, 5.74) is 9.70. The van der Waals surface area contributed by atoms with E-state index in [1.165, 1.54) is 29.8 Å². The number of hydrogen-bond acceptors (Lipinski definition) is 10. The molecule has 4 N–H and O–H groups in total. The lowest BCUT2D eigenvalue weighted by Gasteiger charge is -2.11. The van der Waals surface area contributed by atoms with Gasteiger partial charge in [0.2, 0.25) is 0 Å². The van der Waals surface area contributed by atoms with Gasteiger partial charge in [0.05, 0.1) is 31.0 Å². The van der Waals surface area contributed by atoms with Gasteiger partial charge in [-0.25, -0.2) is 15.0 Å². The minimum atomic E-state index is -0.922. The maximum atomic E-state index is 9.88. The van der Waals surface area contributed by atoms with Gasteiger partial charge in [-0.1, -0.05) is 23.9 Å². The van der Waals surface area contributed by atoms with Gasteiger partial charge >= 0.3 is 0 Å². The first-order chi connectivity index (χ1) is 12.7. The van der Waals surface area contributed by atoms with Crippen molar-refractivity contribution in [3.05, 3.63) is 30.1 Å². The third kappa shape index (κ3) is 3.09. The van der Waals surface area contributed by atoms with Gasteiger partial charge in [0.1, 0.15) is 17.4 Å². The fourth-order valence-electron chi connectivity index (χ4n) is 2.60. The fourth-order valence-corrected chi connectivity index (χ4v) is 4.16. The number of imidazole rings is 1. The van der Waals surface area contributed by atoms with Gasteiger partial charge in [0.15, 0.2) is 22.1 Å². The van der Waals surface area contributed by atoms with E-state index in [4.69, 9.17) is 5.73 Å². The normalized spacial score (nSPS) is 12.8. The summed E-state index contributed by atoms with van der Waals surface area (Å²) in [6.45, 7) is -0.192. The quantitative estimate of drug-likeness (QED) is 0.413. The maximum absolute atomic E-state index is 9.88. The molecule has 1 aromatic carbocycles. The highest BCUT2D eigenvalue weighted by Gasteiger charge is 2.18. The second kappa shape index (κ2) is 7.11. The number of nitrogens with two attached hydrogens (primary N) is 1. The van der Waals surface area contributed by atoms with Crippen LogP contribution in [0.15, 0.2) is 29.7 Å². The Morgan fingerprint density at radius 3 is 2.96 bits per heavy atom. The molecule has 3 heterocycles. The Bertz CT molecular complexity index is 1060. The molecule has 0 fully saturated rings. The van der Waals surface area contributed by atoms with Crippen LogP contribution in [0.5, 0.6) is 0 Å². The summed E-state index contributed by atoms with van der Waals surface area (Å²) in [6, 6.07) is 5.87. The van der Waals surface area contributed by atoms with Gasteiger partial charge in [-0.05, 0) is 11.6 Å². The number of anilines is 1. The predicted molar refractivity (Wildman–Crippen MR) is 99.8 cm³/mol. The van der Waals surface area contributed by atoms with Crippen LogP contribution in [0.4, 0.5) is 5.82 Å². The van der Waals surface area contributed by atoms with Gasteiger partial charge < -0.3 is 20.5 Å². The highest BCUT2D eigenvalue weighted by Crippen LogP contribution is 2.29. The number of aliphatic hydroxyl groups is 2. The molecule has 0 amide bonds. The van der Waals surface area contributed by atoms with E-state index in [-0.39, 0.29) is 19.0 Å². The Kier molecular flexibility index (Phi) is 4.68. The van der Waals surface area contributed by atoms with E-state index < -0.39 is 6.10 Å². The van der Waals surface area contributed by atoms with Crippen molar-refractivity contribution in [2.24, 2.45) is 0 Å². The van der Waals surface area contributed by atoms with Crippen LogP contribution in [0.1, 0.15) is 5.56 Å². The van der Waals surface area contributed by atoms with Gasteiger partial charge in [0, 0.05) is 5.75 Å². The van der Waals surface area contributed by atoms with Crippen molar-refractivity contribution in [3.8, 4) is 0 Å². The molecule has 9 nitrogen and oxygen atoms in total. The molecule has 0 spiro atoms. The summed E-state index contributed by atoms with van der Waals surface area (Å²) in [6.07, 6.45) is 0.436. The SMILES string of the molecule is Nc1ncnc2c1nc(SCc1cccc3nsnc13)n2CC(O)CO. The Morgan fingerprint density at radius 2 is 2.12 bits per heavy atom. The van der Waals surface area contributed by atoms with Crippen LogP contribution in [0.2, 0.25) is 0 Å². The Hall–Kier alpha value is -2.34. The van der Waals surface area contributed by atoms with E-state index in [0.29, 0.717) is 22.1 Å². The van der Waals surface area contributed by atoms with Crippen LogP contribution in [-0.2, 0) is 12.3 Å². The third-order valence-corrected chi connectivity index (χ3v) is 5.42. The molecule has 26 heavy (non-hydrogen) atoms. The van der Waals surface area contributed by atoms with Crippen molar-refractivity contribution in [2.45, 2.75) is 23.6 Å². The molecular formula is C15H15N7O2S2. The number of nitrogen functional groups attached to an aromatic ring is 1. The first kappa shape index (κ1) is 17.1. The molecule has 3 aromatic heterocycles. The van der Waals surface area contributed by atoms with Crippen molar-refractivity contribution in [1.82, 2.24) is 28.3 Å². The van der Waals surface area contributed by atoms with Gasteiger partial charge in [-0.3, -0.25) is 0 Å². The lowest BCUT2D eigenvalue weighted by Crippen LogP contribution is -2.20. The van der Waals surface area contributed by atoms with Crippen LogP contribution in [0.3, 0.4) is 0 Å². The largest absolute Gasteiger partial charge is 0.394 e. The summed E-state index contributed by atoms with van der Waals surface area (Å²) >= 11 is 2.66. The van der Waals surface area contributed by atoms with Crippen LogP contribution in [-0.4, -0.2) is 51.2 Å². The number of benzene rings is 1. The summed E-state index contributed by atoms with van der Waals surface area (Å²) in [7, 11) is 0. The molecule has 0 aliphatic rings. The molecular weight excluding hydrogens is 374 g/mol. The smallest absolute Gasteiger partial charge is 0.170 e. The monoisotopic (exact) mass is 389 g/mol. The van der Waals surface area contributed by atoms with Crippen molar-refractivity contribution in [1.29, 1.82) is 0 Å². The Labute approximate surface area is 156 Å². The lowest BCUT2D eigenvalue weighted by molar-refractivity contribution is 0.0801. The molecule has 0 aliphatic carbocycles. The number of hydrogen-bond donors (Lipinski definition) is 3. The zero-order chi connectivity index (χ0) is 18.1. The summed E-state index contributed by atoms with van der Waals surface area (Å²) < 4.78 is 10.3. The Balaban J connectivity index is 1.70. The maximum Gasteiger partial charge on any atom is 0.170 e. The highest BCUT2D eigenvalue weighted by molar-refractivity contribution is 7.98. The van der Waals surface area contributed by atoms with E-state index >= 15 is 0 Å². The number of aliphatic hydroxyl groups excluding tert-OH is 2. The number of aromatic nitrogens is 6. The molecule has 1 atom stereocenters. The molecule has 0 radical (unpaired) electrons. The second-order valence-electron chi connectivity index (χ2n) is 5.61. The van der Waals surface area contributed by atoms with E-state index in [1.54, 1.807) is 4.57 Å². The van der Waals surface area contributed by atoms with Crippen LogP contribution >= 0.6 is 23.5 Å². The molecule has 0 bridgehead atoms. The van der Waals surface area contributed by atoms with Crippen molar-refractivity contribution in [3.63, 3.8) is 0 Å². The molecule has 11 heteroatoms. The average molecular weight is 389 g/mol. The van der Waals surface area contributed by atoms with E-state index in [0.717, 1.165) is 16.6 Å². The molecule has 134 valence electrons. The van der Waals surface area contributed by atoms with Crippen molar-refractivity contribution < 1.29 is 10.2 Å². The molecule has 4 rings (SSSR count). The fraction of sp³-hybridized carbons (Fsp3) is 0.267. The predicted octanol–water partition coefficient (Wildman–Crippen LogP) is 1.06. The molecule has 0 aliphatic heterocycles. The second-order valence-corrected chi connectivity index (χ2v) is 7.08. The van der Waals surface area contributed by atoms with Gasteiger partial charge in [-0.2, -0.15) is 8.75 Å². The summed E-state index contributed by atoms with van der Waals surface area (Å²) in [4.78, 5) is 12.7. The summed E-state index contributed by atoms with van der Waals surface area (Å²) in [5, 5.41) is 19.7. The van der Waals surface area contributed by atoms with E-state index in [9.17, 15) is 10.2 Å². The number of fused-ring (bicyclic) bond motifs is 2. The van der Waals surface area contributed by atoms with Crippen molar-refractivity contribution >= 4 is 51.5 Å². The molecule has 0 saturated heterocycles. The topological polar surface area (TPSA) is 136 Å². The van der Waals surface area contributed by atoms with Crippen molar-refractivity contribution in [2.75, 3.05) is 12.3 Å². The molecule has 1 unspecified atom stereocenters. The third-order valence-electron chi connectivity index (χ3n) is 3.86. The van der Waals surface area contributed by atoms with Crippen LogP contribution in [0.25, 0.3) is 22.2 Å². The Morgan fingerprint density at radius 1 is 1.23 bits per heavy atom. The van der Waals surface area contributed by atoms with Crippen LogP contribution < -0.4 is 5.73 Å². The number of rotatable bonds is 6. The number of thioether (sulfide) groups is 1. The first-order valence-electron chi connectivity index (χ1n) is 7.76. The zero-order valence-corrected chi connectivity index (χ0v) is 15.1. The van der Waals surface area contributed by atoms with E-state index in [1.807, 2.05) is 18.2 Å². The molecule has 0 saturated carbocycles. The molecule has 4 aromatic rings. The standard InChI is InChI=1S/C15H15N7O2S2/c16-13-12-14(18-7-17-13)22(4-9(24)5-23)15(19-12)25-6-8-2-1-3-10-11(8)21-26-20-10/h1-3,7,9,23-24H,4-6H2,(H2,16,17,18). The van der Waals surface area contributed by atoms with Crippen LogP contribution in [0, 0.1) is 0 Å². The zero-order valence-electron chi connectivity index (χ0n) is 13.5. The minimum absolute atomic E-state index is 0.161. The van der Waals surface area contributed by atoms with Gasteiger partial charge in [0.25, 0.3) is 0 Å².